The molecule has 0 bridgehead atoms. The third kappa shape index (κ3) is 2.46. The zero-order valence-electron chi connectivity index (χ0n) is 9.94. The standard InChI is InChI=1S/C14H14ClN3/c15-14-17-12(10-5-2-1-3-6-10)9-13(18-14)16-11-7-4-8-11/h1-3,5-6,9,11H,4,7-8H2,(H,16,17,18). The molecule has 1 aliphatic carbocycles. The first-order valence-corrected chi connectivity index (χ1v) is 6.55. The third-order valence-electron chi connectivity index (χ3n) is 3.23. The van der Waals surface area contributed by atoms with Gasteiger partial charge in [-0.05, 0) is 30.9 Å². The minimum atomic E-state index is 0.290. The van der Waals surface area contributed by atoms with Gasteiger partial charge in [-0.25, -0.2) is 9.97 Å². The van der Waals surface area contributed by atoms with Crippen LogP contribution in [0.4, 0.5) is 5.82 Å². The van der Waals surface area contributed by atoms with E-state index in [0.717, 1.165) is 17.1 Å². The Labute approximate surface area is 111 Å². The molecule has 0 spiro atoms. The molecule has 0 saturated heterocycles. The van der Waals surface area contributed by atoms with E-state index in [1.165, 1.54) is 19.3 Å². The minimum Gasteiger partial charge on any atom is -0.367 e. The van der Waals surface area contributed by atoms with Crippen LogP contribution in [0.25, 0.3) is 11.3 Å². The number of hydrogen-bond acceptors (Lipinski definition) is 3. The molecule has 0 amide bonds. The van der Waals surface area contributed by atoms with Crippen molar-refractivity contribution in [2.24, 2.45) is 0 Å². The van der Waals surface area contributed by atoms with Gasteiger partial charge in [0.05, 0.1) is 5.69 Å². The quantitative estimate of drug-likeness (QED) is 0.853. The molecule has 1 fully saturated rings. The normalized spacial score (nSPS) is 15.2. The van der Waals surface area contributed by atoms with Crippen molar-refractivity contribution in [3.8, 4) is 11.3 Å². The number of anilines is 1. The summed E-state index contributed by atoms with van der Waals surface area (Å²) in [5.74, 6) is 0.818. The smallest absolute Gasteiger partial charge is 0.224 e. The van der Waals surface area contributed by atoms with E-state index in [9.17, 15) is 0 Å². The maximum atomic E-state index is 5.98. The van der Waals surface area contributed by atoms with Crippen molar-refractivity contribution in [3.63, 3.8) is 0 Å². The summed E-state index contributed by atoms with van der Waals surface area (Å²) in [7, 11) is 0. The average Bonchev–Trinajstić information content (AvgIpc) is 2.34. The van der Waals surface area contributed by atoms with Gasteiger partial charge in [0.2, 0.25) is 5.28 Å². The lowest BCUT2D eigenvalue weighted by Crippen LogP contribution is -2.27. The molecule has 0 radical (unpaired) electrons. The molecule has 0 aliphatic heterocycles. The third-order valence-corrected chi connectivity index (χ3v) is 3.39. The summed E-state index contributed by atoms with van der Waals surface area (Å²) in [5, 5.41) is 3.68. The Hall–Kier alpha value is -1.61. The van der Waals surface area contributed by atoms with Crippen LogP contribution in [-0.2, 0) is 0 Å². The van der Waals surface area contributed by atoms with E-state index in [2.05, 4.69) is 15.3 Å². The summed E-state index contributed by atoms with van der Waals surface area (Å²) in [6, 6.07) is 12.5. The van der Waals surface area contributed by atoms with Crippen LogP contribution >= 0.6 is 11.6 Å². The van der Waals surface area contributed by atoms with E-state index < -0.39 is 0 Å². The van der Waals surface area contributed by atoms with Gasteiger partial charge in [0.1, 0.15) is 5.82 Å². The van der Waals surface area contributed by atoms with Crippen LogP contribution < -0.4 is 5.32 Å². The van der Waals surface area contributed by atoms with Gasteiger partial charge >= 0.3 is 0 Å². The number of rotatable bonds is 3. The molecule has 1 aliphatic rings. The summed E-state index contributed by atoms with van der Waals surface area (Å²) in [5.41, 5.74) is 1.91. The number of hydrogen-bond donors (Lipinski definition) is 1. The highest BCUT2D eigenvalue weighted by Crippen LogP contribution is 2.25. The van der Waals surface area contributed by atoms with E-state index >= 15 is 0 Å². The second-order valence-electron chi connectivity index (χ2n) is 4.55. The molecule has 3 rings (SSSR count). The van der Waals surface area contributed by atoms with Crippen LogP contribution in [0.1, 0.15) is 19.3 Å². The van der Waals surface area contributed by atoms with E-state index in [4.69, 9.17) is 11.6 Å². The average molecular weight is 260 g/mol. The summed E-state index contributed by atoms with van der Waals surface area (Å²) < 4.78 is 0. The van der Waals surface area contributed by atoms with Crippen molar-refractivity contribution in [1.82, 2.24) is 9.97 Å². The van der Waals surface area contributed by atoms with Crippen molar-refractivity contribution in [1.29, 1.82) is 0 Å². The van der Waals surface area contributed by atoms with Crippen molar-refractivity contribution in [3.05, 3.63) is 41.7 Å². The Morgan fingerprint density at radius 2 is 1.89 bits per heavy atom. The van der Waals surface area contributed by atoms with Crippen LogP contribution in [0.3, 0.4) is 0 Å². The van der Waals surface area contributed by atoms with E-state index in [0.29, 0.717) is 6.04 Å². The lowest BCUT2D eigenvalue weighted by molar-refractivity contribution is 0.444. The Balaban J connectivity index is 1.90. The Bertz CT molecular complexity index is 538. The molecule has 1 aromatic carbocycles. The molecule has 2 aromatic rings. The van der Waals surface area contributed by atoms with E-state index in [1.807, 2.05) is 36.4 Å². The first kappa shape index (κ1) is 11.5. The van der Waals surface area contributed by atoms with Gasteiger partial charge in [0.15, 0.2) is 0 Å². The monoisotopic (exact) mass is 259 g/mol. The zero-order valence-corrected chi connectivity index (χ0v) is 10.7. The fourth-order valence-electron chi connectivity index (χ4n) is 2.01. The molecule has 1 aromatic heterocycles. The number of aromatic nitrogens is 2. The number of halogens is 1. The number of nitrogens with zero attached hydrogens (tertiary/aromatic N) is 2. The Kier molecular flexibility index (Phi) is 3.15. The van der Waals surface area contributed by atoms with Crippen LogP contribution in [0.5, 0.6) is 0 Å². The number of nitrogens with one attached hydrogen (secondary N) is 1. The fourth-order valence-corrected chi connectivity index (χ4v) is 2.19. The maximum Gasteiger partial charge on any atom is 0.224 e. The first-order chi connectivity index (χ1) is 8.81. The van der Waals surface area contributed by atoms with Gasteiger partial charge in [0.25, 0.3) is 0 Å². The molecule has 0 unspecified atom stereocenters. The van der Waals surface area contributed by atoms with E-state index in [1.54, 1.807) is 0 Å². The second kappa shape index (κ2) is 4.94. The van der Waals surface area contributed by atoms with Crippen molar-refractivity contribution < 1.29 is 0 Å². The molecule has 1 saturated carbocycles. The topological polar surface area (TPSA) is 37.8 Å². The highest BCUT2D eigenvalue weighted by atomic mass is 35.5. The predicted octanol–water partition coefficient (Wildman–Crippen LogP) is 3.76. The van der Waals surface area contributed by atoms with Crippen molar-refractivity contribution >= 4 is 17.4 Å². The SMILES string of the molecule is Clc1nc(NC2CCC2)cc(-c2ccccc2)n1. The van der Waals surface area contributed by atoms with Gasteiger partial charge in [-0.3, -0.25) is 0 Å². The van der Waals surface area contributed by atoms with Crippen LogP contribution in [-0.4, -0.2) is 16.0 Å². The van der Waals surface area contributed by atoms with Gasteiger partial charge < -0.3 is 5.32 Å². The van der Waals surface area contributed by atoms with Crippen molar-refractivity contribution in [2.45, 2.75) is 25.3 Å². The molecular formula is C14H14ClN3. The van der Waals surface area contributed by atoms with Gasteiger partial charge in [-0.2, -0.15) is 0 Å². The highest BCUT2D eigenvalue weighted by Gasteiger charge is 2.18. The molecule has 1 N–H and O–H groups in total. The summed E-state index contributed by atoms with van der Waals surface area (Å²) in [6.45, 7) is 0. The number of benzene rings is 1. The molecule has 4 heteroatoms. The first-order valence-electron chi connectivity index (χ1n) is 6.18. The van der Waals surface area contributed by atoms with E-state index in [-0.39, 0.29) is 5.28 Å². The lowest BCUT2D eigenvalue weighted by atomic mass is 9.93. The van der Waals surface area contributed by atoms with Crippen LogP contribution in [0, 0.1) is 0 Å². The summed E-state index contributed by atoms with van der Waals surface area (Å²) >= 11 is 5.98. The Morgan fingerprint density at radius 3 is 2.56 bits per heavy atom. The molecule has 1 heterocycles. The van der Waals surface area contributed by atoms with Crippen LogP contribution in [0.2, 0.25) is 5.28 Å². The second-order valence-corrected chi connectivity index (χ2v) is 4.88. The van der Waals surface area contributed by atoms with Crippen molar-refractivity contribution in [2.75, 3.05) is 5.32 Å². The lowest BCUT2D eigenvalue weighted by Gasteiger charge is -2.27. The van der Waals surface area contributed by atoms with Gasteiger partial charge in [-0.1, -0.05) is 30.3 Å². The summed E-state index contributed by atoms with van der Waals surface area (Å²) in [6.07, 6.45) is 3.71. The van der Waals surface area contributed by atoms with Gasteiger partial charge in [-0.15, -0.1) is 0 Å². The molecule has 0 atom stereocenters. The maximum absolute atomic E-state index is 5.98. The Morgan fingerprint density at radius 1 is 1.11 bits per heavy atom. The van der Waals surface area contributed by atoms with Gasteiger partial charge in [0, 0.05) is 17.7 Å². The largest absolute Gasteiger partial charge is 0.367 e. The van der Waals surface area contributed by atoms with Crippen LogP contribution in [0.15, 0.2) is 36.4 Å². The summed E-state index contributed by atoms with van der Waals surface area (Å²) in [4.78, 5) is 8.49. The molecule has 92 valence electrons. The zero-order chi connectivity index (χ0) is 12.4. The molecule has 18 heavy (non-hydrogen) atoms. The minimum absolute atomic E-state index is 0.290. The predicted molar refractivity (Wildman–Crippen MR) is 73.7 cm³/mol. The fraction of sp³-hybridized carbons (Fsp3) is 0.286. The molecule has 3 nitrogen and oxygen atoms in total. The highest BCUT2D eigenvalue weighted by molar-refractivity contribution is 6.28. The molecular weight excluding hydrogens is 246 g/mol.